The van der Waals surface area contributed by atoms with E-state index in [9.17, 15) is 18.0 Å². The Kier molecular flexibility index (Phi) is 12.0. The van der Waals surface area contributed by atoms with E-state index in [1.807, 2.05) is 82.3 Å². The van der Waals surface area contributed by atoms with E-state index >= 15 is 0 Å². The van der Waals surface area contributed by atoms with E-state index in [2.05, 4.69) is 21.2 Å². The van der Waals surface area contributed by atoms with Gasteiger partial charge >= 0.3 is 0 Å². The lowest BCUT2D eigenvalue weighted by molar-refractivity contribution is -0.140. The van der Waals surface area contributed by atoms with E-state index in [0.717, 1.165) is 25.5 Å². The van der Waals surface area contributed by atoms with E-state index < -0.39 is 28.5 Å². The van der Waals surface area contributed by atoms with Gasteiger partial charge in [0.1, 0.15) is 18.3 Å². The van der Waals surface area contributed by atoms with Gasteiger partial charge in [0.2, 0.25) is 11.8 Å². The first-order chi connectivity index (χ1) is 22.0. The molecule has 0 unspecified atom stereocenters. The highest BCUT2D eigenvalue weighted by molar-refractivity contribution is 9.10. The number of hydrogen-bond acceptors (Lipinski definition) is 5. The first-order valence-electron chi connectivity index (χ1n) is 15.2. The lowest BCUT2D eigenvalue weighted by atomic mass is 10.0. The Bertz CT molecular complexity index is 1700. The number of sulfonamides is 1. The number of anilines is 1. The fourth-order valence-electron chi connectivity index (χ4n) is 4.96. The molecule has 1 N–H and O–H groups in total. The van der Waals surface area contributed by atoms with E-state index in [1.165, 1.54) is 17.0 Å². The molecule has 4 aromatic carbocycles. The van der Waals surface area contributed by atoms with Crippen LogP contribution in [0.5, 0.6) is 5.75 Å². The van der Waals surface area contributed by atoms with E-state index in [-0.39, 0.29) is 29.8 Å². The zero-order valence-electron chi connectivity index (χ0n) is 26.5. The molecule has 0 fully saturated rings. The van der Waals surface area contributed by atoms with Crippen LogP contribution in [0.2, 0.25) is 0 Å². The summed E-state index contributed by atoms with van der Waals surface area (Å²) < 4.78 is 35.7. The van der Waals surface area contributed by atoms with Gasteiger partial charge in [-0.2, -0.15) is 0 Å². The van der Waals surface area contributed by atoms with Crippen LogP contribution < -0.4 is 14.4 Å². The van der Waals surface area contributed by atoms with E-state index in [4.69, 9.17) is 4.74 Å². The number of rotatable bonds is 14. The van der Waals surface area contributed by atoms with E-state index in [1.54, 1.807) is 36.4 Å². The zero-order valence-corrected chi connectivity index (χ0v) is 28.9. The van der Waals surface area contributed by atoms with Crippen LogP contribution in [-0.4, -0.2) is 50.4 Å². The van der Waals surface area contributed by atoms with Crippen LogP contribution in [0.4, 0.5) is 5.69 Å². The number of carbonyl (C=O) groups is 2. The topological polar surface area (TPSA) is 96.0 Å². The number of nitrogens with zero attached hydrogens (tertiary/aromatic N) is 2. The molecule has 4 aromatic rings. The molecule has 0 spiro atoms. The minimum atomic E-state index is -4.20. The third-order valence-electron chi connectivity index (χ3n) is 7.29. The Balaban J connectivity index is 1.80. The maximum atomic E-state index is 14.5. The predicted octanol–water partition coefficient (Wildman–Crippen LogP) is 6.52. The highest BCUT2D eigenvalue weighted by Crippen LogP contribution is 2.28. The van der Waals surface area contributed by atoms with Crippen LogP contribution in [0, 0.1) is 6.92 Å². The molecule has 0 radical (unpaired) electrons. The molecule has 10 heteroatoms. The minimum absolute atomic E-state index is 0.0286. The first-order valence-corrected chi connectivity index (χ1v) is 17.4. The van der Waals surface area contributed by atoms with Crippen LogP contribution in [0.1, 0.15) is 37.5 Å². The molecule has 0 aliphatic heterocycles. The Labute approximate surface area is 280 Å². The van der Waals surface area contributed by atoms with Crippen LogP contribution in [0.15, 0.2) is 112 Å². The number of hydrogen-bond donors (Lipinski definition) is 1. The summed E-state index contributed by atoms with van der Waals surface area (Å²) >= 11 is 3.36. The second-order valence-electron chi connectivity index (χ2n) is 11.3. The summed E-state index contributed by atoms with van der Waals surface area (Å²) in [7, 11) is -4.20. The largest absolute Gasteiger partial charge is 0.494 e. The van der Waals surface area contributed by atoms with Gasteiger partial charge in [0.05, 0.1) is 17.2 Å². The molecule has 46 heavy (non-hydrogen) atoms. The molecule has 2 amide bonds. The maximum absolute atomic E-state index is 14.5. The zero-order chi connectivity index (χ0) is 33.3. The SMILES string of the molecule is CCOc1ccc(N(CC(=O)N(Cc2ccc(C)cc2)[C@@H](Cc2ccccc2)C(=O)NC(C)C)S(=O)(=O)c2ccc(Br)cc2)cc1. The monoisotopic (exact) mass is 705 g/mol. The quantitative estimate of drug-likeness (QED) is 0.161. The van der Waals surface area contributed by atoms with Gasteiger partial charge in [0.15, 0.2) is 0 Å². The molecule has 1 atom stereocenters. The number of halogens is 1. The number of aryl methyl sites for hydroxylation is 1. The van der Waals surface area contributed by atoms with Crippen molar-refractivity contribution in [3.05, 3.63) is 124 Å². The van der Waals surface area contributed by atoms with Crippen molar-refractivity contribution in [3.8, 4) is 5.75 Å². The van der Waals surface area contributed by atoms with Crippen molar-refractivity contribution in [2.24, 2.45) is 0 Å². The Hall–Kier alpha value is -4.15. The van der Waals surface area contributed by atoms with Gasteiger partial charge in [-0.1, -0.05) is 76.1 Å². The van der Waals surface area contributed by atoms with Crippen molar-refractivity contribution in [2.75, 3.05) is 17.5 Å². The van der Waals surface area contributed by atoms with Crippen molar-refractivity contribution in [3.63, 3.8) is 0 Å². The molecule has 0 bridgehead atoms. The Morgan fingerprint density at radius 3 is 2.07 bits per heavy atom. The Morgan fingerprint density at radius 1 is 0.848 bits per heavy atom. The average Bonchev–Trinajstić information content (AvgIpc) is 3.03. The second-order valence-corrected chi connectivity index (χ2v) is 14.0. The molecule has 8 nitrogen and oxygen atoms in total. The van der Waals surface area contributed by atoms with Crippen LogP contribution in [-0.2, 0) is 32.6 Å². The molecule has 0 saturated carbocycles. The number of nitrogens with one attached hydrogen (secondary N) is 1. The standard InChI is InChI=1S/C36H40BrN3O5S/c1-5-45-32-19-17-31(18-20-32)40(46(43,44)33-21-15-30(37)16-22-33)25-35(41)39(24-29-13-11-27(4)12-14-29)34(36(42)38-26(2)3)23-28-9-7-6-8-10-28/h6-22,26,34H,5,23-25H2,1-4H3,(H,38,42)/t34-/m0/s1. The maximum Gasteiger partial charge on any atom is 0.264 e. The van der Waals surface area contributed by atoms with E-state index in [0.29, 0.717) is 18.0 Å². The molecule has 0 saturated heterocycles. The summed E-state index contributed by atoms with van der Waals surface area (Å²) in [4.78, 5) is 29.9. The Morgan fingerprint density at radius 2 is 1.48 bits per heavy atom. The smallest absolute Gasteiger partial charge is 0.264 e. The van der Waals surface area contributed by atoms with Crippen molar-refractivity contribution in [1.82, 2.24) is 10.2 Å². The van der Waals surface area contributed by atoms with Gasteiger partial charge in [0, 0.05) is 23.5 Å². The van der Waals surface area contributed by atoms with Crippen molar-refractivity contribution < 1.29 is 22.7 Å². The van der Waals surface area contributed by atoms with Gasteiger partial charge in [-0.3, -0.25) is 13.9 Å². The van der Waals surface area contributed by atoms with Gasteiger partial charge in [-0.15, -0.1) is 0 Å². The normalized spacial score (nSPS) is 12.0. The lowest BCUT2D eigenvalue weighted by Crippen LogP contribution is -2.54. The number of carbonyl (C=O) groups excluding carboxylic acids is 2. The molecular formula is C36H40BrN3O5S. The molecule has 242 valence electrons. The summed E-state index contributed by atoms with van der Waals surface area (Å²) in [6.45, 7) is 7.59. The highest BCUT2D eigenvalue weighted by atomic mass is 79.9. The van der Waals surface area contributed by atoms with Crippen molar-refractivity contribution in [1.29, 1.82) is 0 Å². The summed E-state index contributed by atoms with van der Waals surface area (Å²) in [5, 5.41) is 2.97. The van der Waals surface area contributed by atoms with Crippen LogP contribution >= 0.6 is 15.9 Å². The van der Waals surface area contributed by atoms with Crippen molar-refractivity contribution >= 4 is 43.5 Å². The fourth-order valence-corrected chi connectivity index (χ4v) is 6.64. The molecule has 0 heterocycles. The minimum Gasteiger partial charge on any atom is -0.494 e. The van der Waals surface area contributed by atoms with Crippen LogP contribution in [0.3, 0.4) is 0 Å². The highest BCUT2D eigenvalue weighted by Gasteiger charge is 2.35. The summed E-state index contributed by atoms with van der Waals surface area (Å²) in [6, 6.07) is 29.0. The molecule has 0 aliphatic rings. The predicted molar refractivity (Wildman–Crippen MR) is 185 cm³/mol. The number of ether oxygens (including phenoxy) is 1. The summed E-state index contributed by atoms with van der Waals surface area (Å²) in [5.74, 6) is -0.259. The summed E-state index contributed by atoms with van der Waals surface area (Å²) in [6.07, 6.45) is 0.250. The lowest BCUT2D eigenvalue weighted by Gasteiger charge is -2.34. The van der Waals surface area contributed by atoms with Gasteiger partial charge in [0.25, 0.3) is 10.0 Å². The van der Waals surface area contributed by atoms with Crippen LogP contribution in [0.25, 0.3) is 0 Å². The third-order valence-corrected chi connectivity index (χ3v) is 9.61. The molecule has 4 rings (SSSR count). The third kappa shape index (κ3) is 9.20. The second kappa shape index (κ2) is 15.9. The number of amides is 2. The average molecular weight is 707 g/mol. The first kappa shape index (κ1) is 34.7. The van der Waals surface area contributed by atoms with Gasteiger partial charge in [-0.05, 0) is 87.4 Å². The molecule has 0 aromatic heterocycles. The molecule has 0 aliphatic carbocycles. The summed E-state index contributed by atoms with van der Waals surface area (Å²) in [5.41, 5.74) is 3.04. The fraction of sp³-hybridized carbons (Fsp3) is 0.278. The molecular weight excluding hydrogens is 666 g/mol. The van der Waals surface area contributed by atoms with Gasteiger partial charge < -0.3 is 15.0 Å². The number of benzene rings is 4. The van der Waals surface area contributed by atoms with Crippen molar-refractivity contribution in [2.45, 2.75) is 57.6 Å². The van der Waals surface area contributed by atoms with Gasteiger partial charge in [-0.25, -0.2) is 8.42 Å².